The van der Waals surface area contributed by atoms with Crippen LogP contribution in [0.4, 0.5) is 0 Å². The third-order valence-electron chi connectivity index (χ3n) is 4.23. The third-order valence-corrected chi connectivity index (χ3v) is 4.88. The Kier molecular flexibility index (Phi) is 11.8. The molecule has 148 valence electrons. The highest BCUT2D eigenvalue weighted by molar-refractivity contribution is 9.10. The van der Waals surface area contributed by atoms with E-state index in [-0.39, 0.29) is 5.78 Å². The Labute approximate surface area is 173 Å². The predicted molar refractivity (Wildman–Crippen MR) is 119 cm³/mol. The summed E-state index contributed by atoms with van der Waals surface area (Å²) in [6.07, 6.45) is 7.07. The highest BCUT2D eigenvalue weighted by atomic mass is 79.9. The van der Waals surface area contributed by atoms with Crippen LogP contribution in [-0.4, -0.2) is 5.78 Å². The largest absolute Gasteiger partial charge is 0.488 e. The summed E-state index contributed by atoms with van der Waals surface area (Å²) in [6.45, 7) is 8.90. The maximum atomic E-state index is 11.1. The lowest BCUT2D eigenvalue weighted by molar-refractivity contribution is 0.101. The van der Waals surface area contributed by atoms with Crippen LogP contribution in [0.5, 0.6) is 5.75 Å². The second-order valence-electron chi connectivity index (χ2n) is 7.22. The highest BCUT2D eigenvalue weighted by Crippen LogP contribution is 2.24. The Bertz CT molecular complexity index is 662. The molecule has 0 unspecified atom stereocenters. The van der Waals surface area contributed by atoms with Crippen molar-refractivity contribution in [3.8, 4) is 5.75 Å². The lowest BCUT2D eigenvalue weighted by atomic mass is 10.1. The molecule has 0 N–H and O–H groups in total. The molecule has 2 nitrogen and oxygen atoms in total. The van der Waals surface area contributed by atoms with Gasteiger partial charge in [0.2, 0.25) is 0 Å². The summed E-state index contributed by atoms with van der Waals surface area (Å²) in [5.74, 6) is 1.79. The van der Waals surface area contributed by atoms with Crippen molar-refractivity contribution in [3.63, 3.8) is 0 Å². The van der Waals surface area contributed by atoms with E-state index >= 15 is 0 Å². The van der Waals surface area contributed by atoms with E-state index < -0.39 is 0 Å². The fraction of sp³-hybridized carbons (Fsp3) is 0.458. The minimum Gasteiger partial charge on any atom is -0.488 e. The van der Waals surface area contributed by atoms with Gasteiger partial charge in [0.1, 0.15) is 12.4 Å². The van der Waals surface area contributed by atoms with Crippen LogP contribution < -0.4 is 4.74 Å². The topological polar surface area (TPSA) is 26.3 Å². The number of carbonyl (C=O) groups is 1. The number of ether oxygens (including phenoxy) is 1. The third kappa shape index (κ3) is 10.3. The first-order chi connectivity index (χ1) is 12.9. The Balaban J connectivity index is 0.000000345. The summed E-state index contributed by atoms with van der Waals surface area (Å²) in [5, 5.41) is 0. The number of rotatable bonds is 9. The smallest absolute Gasteiger partial charge is 0.159 e. The Morgan fingerprint density at radius 3 is 2.22 bits per heavy atom. The zero-order valence-electron chi connectivity index (χ0n) is 17.1. The van der Waals surface area contributed by atoms with Gasteiger partial charge in [-0.25, -0.2) is 0 Å². The van der Waals surface area contributed by atoms with Crippen molar-refractivity contribution in [2.75, 3.05) is 0 Å². The second-order valence-corrected chi connectivity index (χ2v) is 8.07. The minimum absolute atomic E-state index is 0.0771. The van der Waals surface area contributed by atoms with Crippen molar-refractivity contribution in [2.45, 2.75) is 66.4 Å². The van der Waals surface area contributed by atoms with Gasteiger partial charge in [-0.05, 0) is 46.5 Å². The van der Waals surface area contributed by atoms with Gasteiger partial charge >= 0.3 is 0 Å². The zero-order valence-corrected chi connectivity index (χ0v) is 18.7. The standard InChI is InChI=1S/C15H13BrO2.C9H20/c1-11(17)13-8-6-12(7-9-13)10-18-15-5-3-2-4-14(15)16;1-4-5-6-7-8-9(2)3/h2-9H,10H2,1H3;9H,4-8H2,1-3H3. The fourth-order valence-electron chi connectivity index (χ4n) is 2.54. The van der Waals surface area contributed by atoms with Gasteiger partial charge in [0.05, 0.1) is 4.47 Å². The molecule has 0 fully saturated rings. The van der Waals surface area contributed by atoms with Gasteiger partial charge in [0.25, 0.3) is 0 Å². The van der Waals surface area contributed by atoms with Gasteiger partial charge in [-0.3, -0.25) is 4.79 Å². The summed E-state index contributed by atoms with van der Waals surface area (Å²) in [7, 11) is 0. The Morgan fingerprint density at radius 1 is 1.00 bits per heavy atom. The molecule has 0 aliphatic carbocycles. The van der Waals surface area contributed by atoms with Crippen molar-refractivity contribution >= 4 is 21.7 Å². The lowest BCUT2D eigenvalue weighted by Crippen LogP contribution is -1.97. The van der Waals surface area contributed by atoms with E-state index in [0.717, 1.165) is 27.3 Å². The summed E-state index contributed by atoms with van der Waals surface area (Å²) >= 11 is 3.43. The molecule has 0 aliphatic heterocycles. The molecule has 2 aromatic rings. The van der Waals surface area contributed by atoms with Gasteiger partial charge in [-0.2, -0.15) is 0 Å². The molecular weight excluding hydrogens is 400 g/mol. The van der Waals surface area contributed by atoms with E-state index in [2.05, 4.69) is 36.7 Å². The number of Topliss-reactive ketones (excluding diaryl/α,β-unsaturated/α-hetero) is 1. The number of benzene rings is 2. The van der Waals surface area contributed by atoms with E-state index in [9.17, 15) is 4.79 Å². The Hall–Kier alpha value is -1.61. The molecule has 0 saturated heterocycles. The molecule has 0 amide bonds. The highest BCUT2D eigenvalue weighted by Gasteiger charge is 2.02. The Morgan fingerprint density at radius 2 is 1.67 bits per heavy atom. The van der Waals surface area contributed by atoms with E-state index in [4.69, 9.17) is 4.74 Å². The first-order valence-corrected chi connectivity index (χ1v) is 10.7. The summed E-state index contributed by atoms with van der Waals surface area (Å²) < 4.78 is 6.63. The van der Waals surface area contributed by atoms with Gasteiger partial charge in [-0.15, -0.1) is 0 Å². The van der Waals surface area contributed by atoms with Gasteiger partial charge in [0, 0.05) is 5.56 Å². The maximum Gasteiger partial charge on any atom is 0.159 e. The van der Waals surface area contributed by atoms with E-state index in [1.54, 1.807) is 6.92 Å². The molecule has 0 spiro atoms. The normalized spacial score (nSPS) is 10.3. The molecule has 0 atom stereocenters. The van der Waals surface area contributed by atoms with Crippen LogP contribution in [-0.2, 0) is 6.61 Å². The molecule has 0 bridgehead atoms. The number of halogens is 1. The monoisotopic (exact) mass is 432 g/mol. The number of unbranched alkanes of at least 4 members (excludes halogenated alkanes) is 3. The molecule has 0 radical (unpaired) electrons. The average Bonchev–Trinajstić information content (AvgIpc) is 2.65. The molecule has 2 aromatic carbocycles. The average molecular weight is 433 g/mol. The van der Waals surface area contributed by atoms with E-state index in [0.29, 0.717) is 6.61 Å². The molecule has 3 heteroatoms. The van der Waals surface area contributed by atoms with Gasteiger partial charge < -0.3 is 4.74 Å². The van der Waals surface area contributed by atoms with Crippen molar-refractivity contribution in [1.29, 1.82) is 0 Å². The SMILES string of the molecule is CC(=O)c1ccc(COc2ccccc2Br)cc1.CCCCCCC(C)C. The summed E-state index contributed by atoms with van der Waals surface area (Å²) in [4.78, 5) is 11.1. The molecular formula is C24H33BrO2. The van der Waals surface area contributed by atoms with Crippen LogP contribution in [0.25, 0.3) is 0 Å². The fourth-order valence-corrected chi connectivity index (χ4v) is 2.94. The number of ketones is 1. The van der Waals surface area contributed by atoms with Crippen LogP contribution in [0.1, 0.15) is 75.7 Å². The first kappa shape index (κ1) is 23.4. The minimum atomic E-state index is 0.0771. The van der Waals surface area contributed by atoms with Crippen molar-refractivity contribution in [2.24, 2.45) is 5.92 Å². The van der Waals surface area contributed by atoms with Crippen molar-refractivity contribution in [1.82, 2.24) is 0 Å². The van der Waals surface area contributed by atoms with E-state index in [1.807, 2.05) is 48.5 Å². The second kappa shape index (κ2) is 13.5. The van der Waals surface area contributed by atoms with E-state index in [1.165, 1.54) is 32.1 Å². The lowest BCUT2D eigenvalue weighted by Gasteiger charge is -2.08. The molecule has 0 aliphatic rings. The number of para-hydroxylation sites is 1. The van der Waals surface area contributed by atoms with Crippen LogP contribution in [0.15, 0.2) is 53.0 Å². The number of hydrogen-bond acceptors (Lipinski definition) is 2. The zero-order chi connectivity index (χ0) is 20.1. The van der Waals surface area contributed by atoms with Gasteiger partial charge in [0.15, 0.2) is 5.78 Å². The quantitative estimate of drug-likeness (QED) is 0.297. The predicted octanol–water partition coefficient (Wildman–Crippen LogP) is 7.84. The molecule has 2 rings (SSSR count). The number of carbonyl (C=O) groups excluding carboxylic acids is 1. The van der Waals surface area contributed by atoms with Crippen LogP contribution in [0, 0.1) is 5.92 Å². The van der Waals surface area contributed by atoms with Crippen LogP contribution in [0.2, 0.25) is 0 Å². The van der Waals surface area contributed by atoms with Crippen molar-refractivity contribution < 1.29 is 9.53 Å². The molecule has 0 saturated carbocycles. The maximum absolute atomic E-state index is 11.1. The summed E-state index contributed by atoms with van der Waals surface area (Å²) in [5.41, 5.74) is 1.76. The molecule has 0 aromatic heterocycles. The van der Waals surface area contributed by atoms with Crippen molar-refractivity contribution in [3.05, 3.63) is 64.1 Å². The van der Waals surface area contributed by atoms with Gasteiger partial charge in [-0.1, -0.05) is 89.3 Å². The number of hydrogen-bond donors (Lipinski definition) is 0. The summed E-state index contributed by atoms with van der Waals surface area (Å²) in [6, 6.07) is 15.2. The molecule has 27 heavy (non-hydrogen) atoms. The van der Waals surface area contributed by atoms with Crippen LogP contribution in [0.3, 0.4) is 0 Å². The molecule has 0 heterocycles. The van der Waals surface area contributed by atoms with Crippen LogP contribution >= 0.6 is 15.9 Å². The first-order valence-electron chi connectivity index (χ1n) is 9.91.